The lowest BCUT2D eigenvalue weighted by Crippen LogP contribution is -2.26. The molecule has 6 nitrogen and oxygen atoms in total. The lowest BCUT2D eigenvalue weighted by Gasteiger charge is -2.17. The fraction of sp³-hybridized carbons (Fsp3) is 0.303. The summed E-state index contributed by atoms with van der Waals surface area (Å²) in [5.41, 5.74) is 7.39. The topological polar surface area (TPSA) is 84.1 Å². The van der Waals surface area contributed by atoms with E-state index in [2.05, 4.69) is 41.9 Å². The van der Waals surface area contributed by atoms with Gasteiger partial charge >= 0.3 is 0 Å². The molecule has 4 rings (SSSR count). The SMILES string of the molecule is Cc1c(C)n(Cc2cc(O[C@@H](C)C=O)ccc2C#N)c2ccc(C(=O)N[C@@H](C)c3cccc(C(C)C)c3)cc12. The van der Waals surface area contributed by atoms with Crippen molar-refractivity contribution in [2.45, 2.75) is 66.2 Å². The van der Waals surface area contributed by atoms with Crippen LogP contribution in [0.4, 0.5) is 0 Å². The van der Waals surface area contributed by atoms with Gasteiger partial charge in [0.15, 0.2) is 12.4 Å². The maximum Gasteiger partial charge on any atom is 0.251 e. The molecular weight excluding hydrogens is 486 g/mol. The van der Waals surface area contributed by atoms with Crippen molar-refractivity contribution in [3.8, 4) is 11.8 Å². The highest BCUT2D eigenvalue weighted by Crippen LogP contribution is 2.29. The van der Waals surface area contributed by atoms with Gasteiger partial charge in [0.1, 0.15) is 5.75 Å². The van der Waals surface area contributed by atoms with Crippen LogP contribution in [0, 0.1) is 25.2 Å². The monoisotopic (exact) mass is 521 g/mol. The number of aldehydes is 1. The quantitative estimate of drug-likeness (QED) is 0.247. The Balaban J connectivity index is 1.62. The number of carbonyl (C=O) groups is 2. The summed E-state index contributed by atoms with van der Waals surface area (Å²) in [6.07, 6.45) is 0.163. The van der Waals surface area contributed by atoms with Crippen LogP contribution in [0.15, 0.2) is 60.7 Å². The highest BCUT2D eigenvalue weighted by Gasteiger charge is 2.18. The number of aryl methyl sites for hydroxylation is 1. The van der Waals surface area contributed by atoms with Gasteiger partial charge in [-0.15, -0.1) is 0 Å². The van der Waals surface area contributed by atoms with Crippen molar-refractivity contribution in [3.05, 3.63) is 99.7 Å². The van der Waals surface area contributed by atoms with Gasteiger partial charge in [0.25, 0.3) is 5.91 Å². The van der Waals surface area contributed by atoms with E-state index in [9.17, 15) is 14.9 Å². The van der Waals surface area contributed by atoms with E-state index in [1.165, 1.54) is 5.56 Å². The van der Waals surface area contributed by atoms with E-state index in [-0.39, 0.29) is 11.9 Å². The first-order chi connectivity index (χ1) is 18.6. The summed E-state index contributed by atoms with van der Waals surface area (Å²) < 4.78 is 7.81. The molecule has 0 saturated carbocycles. The number of hydrogen-bond acceptors (Lipinski definition) is 4. The van der Waals surface area contributed by atoms with E-state index in [0.29, 0.717) is 29.3 Å². The summed E-state index contributed by atoms with van der Waals surface area (Å²) in [5.74, 6) is 0.844. The molecule has 1 heterocycles. The molecule has 3 aromatic carbocycles. The van der Waals surface area contributed by atoms with Crippen LogP contribution >= 0.6 is 0 Å². The van der Waals surface area contributed by atoms with Gasteiger partial charge in [0.2, 0.25) is 0 Å². The molecule has 0 saturated heterocycles. The number of nitrogens with zero attached hydrogens (tertiary/aromatic N) is 2. The van der Waals surface area contributed by atoms with E-state index in [0.717, 1.165) is 39.6 Å². The van der Waals surface area contributed by atoms with Crippen LogP contribution in [-0.2, 0) is 11.3 Å². The summed E-state index contributed by atoms with van der Waals surface area (Å²) in [7, 11) is 0. The molecule has 6 heteroatoms. The number of carbonyl (C=O) groups excluding carboxylic acids is 2. The summed E-state index contributed by atoms with van der Waals surface area (Å²) >= 11 is 0. The summed E-state index contributed by atoms with van der Waals surface area (Å²) in [4.78, 5) is 24.3. The molecule has 0 bridgehead atoms. The van der Waals surface area contributed by atoms with Gasteiger partial charge in [-0.3, -0.25) is 9.59 Å². The molecule has 200 valence electrons. The Morgan fingerprint density at radius 3 is 2.46 bits per heavy atom. The molecule has 1 N–H and O–H groups in total. The Kier molecular flexibility index (Phi) is 8.21. The van der Waals surface area contributed by atoms with Gasteiger partial charge in [0.05, 0.1) is 17.7 Å². The van der Waals surface area contributed by atoms with E-state index in [1.54, 1.807) is 19.1 Å². The average molecular weight is 522 g/mol. The van der Waals surface area contributed by atoms with E-state index >= 15 is 0 Å². The molecule has 0 spiro atoms. The zero-order valence-electron chi connectivity index (χ0n) is 23.4. The molecule has 0 aliphatic rings. The standard InChI is InChI=1S/C33H35N3O3/c1-20(2)25-8-7-9-26(14-25)23(5)35-33(38)27-11-13-32-31(16-27)22(4)24(6)36(32)18-29-15-30(39-21(3)19-37)12-10-28(29)17-34/h7-16,19-21,23H,18H2,1-6H3,(H,35,38)/t21-,23-/m0/s1. The number of benzene rings is 3. The number of ether oxygens (including phenoxy) is 1. The van der Waals surface area contributed by atoms with Crippen molar-refractivity contribution < 1.29 is 14.3 Å². The van der Waals surface area contributed by atoms with E-state index in [4.69, 9.17) is 4.74 Å². The van der Waals surface area contributed by atoms with Gasteiger partial charge < -0.3 is 14.6 Å². The number of nitrogens with one attached hydrogen (secondary N) is 1. The maximum atomic E-state index is 13.2. The Morgan fingerprint density at radius 2 is 1.77 bits per heavy atom. The predicted molar refractivity (Wildman–Crippen MR) is 154 cm³/mol. The number of rotatable bonds is 9. The molecule has 0 aliphatic carbocycles. The van der Waals surface area contributed by atoms with Crippen LogP contribution < -0.4 is 10.1 Å². The second-order valence-corrected chi connectivity index (χ2v) is 10.4. The minimum absolute atomic E-state index is 0.120. The van der Waals surface area contributed by atoms with Gasteiger partial charge in [-0.2, -0.15) is 5.26 Å². The minimum Gasteiger partial charge on any atom is -0.483 e. The smallest absolute Gasteiger partial charge is 0.251 e. The Labute approximate surface area is 230 Å². The first kappa shape index (κ1) is 27.7. The van der Waals surface area contributed by atoms with Crippen molar-refractivity contribution in [2.24, 2.45) is 0 Å². The summed E-state index contributed by atoms with van der Waals surface area (Å²) in [6, 6.07) is 21.5. The molecule has 1 aromatic heterocycles. The van der Waals surface area contributed by atoms with Crippen LogP contribution in [-0.4, -0.2) is 22.9 Å². The van der Waals surface area contributed by atoms with Crippen molar-refractivity contribution in [3.63, 3.8) is 0 Å². The van der Waals surface area contributed by atoms with Gasteiger partial charge in [0, 0.05) is 28.7 Å². The third kappa shape index (κ3) is 5.88. The van der Waals surface area contributed by atoms with Crippen LogP contribution in [0.5, 0.6) is 5.75 Å². The van der Waals surface area contributed by atoms with Gasteiger partial charge in [-0.25, -0.2) is 0 Å². The Morgan fingerprint density at radius 1 is 1.03 bits per heavy atom. The highest BCUT2D eigenvalue weighted by molar-refractivity contribution is 5.99. The third-order valence-corrected chi connectivity index (χ3v) is 7.37. The van der Waals surface area contributed by atoms with Gasteiger partial charge in [-0.05, 0) is 92.3 Å². The van der Waals surface area contributed by atoms with Crippen molar-refractivity contribution >= 4 is 23.1 Å². The molecule has 0 radical (unpaired) electrons. The first-order valence-electron chi connectivity index (χ1n) is 13.3. The molecule has 0 unspecified atom stereocenters. The van der Waals surface area contributed by atoms with Crippen LogP contribution in [0.2, 0.25) is 0 Å². The molecule has 4 aromatic rings. The zero-order valence-corrected chi connectivity index (χ0v) is 23.4. The maximum absolute atomic E-state index is 13.2. The fourth-order valence-corrected chi connectivity index (χ4v) is 4.84. The first-order valence-corrected chi connectivity index (χ1v) is 13.3. The summed E-state index contributed by atoms with van der Waals surface area (Å²) in [6.45, 7) is 12.5. The predicted octanol–water partition coefficient (Wildman–Crippen LogP) is 6.76. The second kappa shape index (κ2) is 11.6. The minimum atomic E-state index is -0.575. The molecule has 1 amide bonds. The number of hydrogen-bond donors (Lipinski definition) is 1. The fourth-order valence-electron chi connectivity index (χ4n) is 4.84. The molecule has 0 fully saturated rings. The van der Waals surface area contributed by atoms with Crippen LogP contribution in [0.1, 0.15) is 83.5 Å². The largest absolute Gasteiger partial charge is 0.483 e. The number of aromatic nitrogens is 1. The number of nitriles is 1. The highest BCUT2D eigenvalue weighted by atomic mass is 16.5. The lowest BCUT2D eigenvalue weighted by atomic mass is 9.98. The van der Waals surface area contributed by atoms with E-state index < -0.39 is 6.10 Å². The summed E-state index contributed by atoms with van der Waals surface area (Å²) in [5, 5.41) is 13.8. The number of fused-ring (bicyclic) bond motifs is 1. The van der Waals surface area contributed by atoms with E-state index in [1.807, 2.05) is 57.2 Å². The Bertz CT molecular complexity index is 1580. The van der Waals surface area contributed by atoms with Crippen LogP contribution in [0.3, 0.4) is 0 Å². The van der Waals surface area contributed by atoms with Crippen LogP contribution in [0.25, 0.3) is 10.9 Å². The lowest BCUT2D eigenvalue weighted by molar-refractivity contribution is -0.113. The molecule has 2 atom stereocenters. The third-order valence-electron chi connectivity index (χ3n) is 7.37. The molecular formula is C33H35N3O3. The van der Waals surface area contributed by atoms with Crippen molar-refractivity contribution in [1.82, 2.24) is 9.88 Å². The second-order valence-electron chi connectivity index (χ2n) is 10.4. The Hall–Kier alpha value is -4.37. The van der Waals surface area contributed by atoms with Crippen molar-refractivity contribution in [1.29, 1.82) is 5.26 Å². The molecule has 0 aliphatic heterocycles. The normalized spacial score (nSPS) is 12.7. The zero-order chi connectivity index (χ0) is 28.3. The average Bonchev–Trinajstić information content (AvgIpc) is 3.17. The van der Waals surface area contributed by atoms with Crippen molar-refractivity contribution in [2.75, 3.05) is 0 Å². The molecule has 39 heavy (non-hydrogen) atoms. The number of amides is 1. The van der Waals surface area contributed by atoms with Gasteiger partial charge in [-0.1, -0.05) is 38.1 Å².